The van der Waals surface area contributed by atoms with Gasteiger partial charge in [0.2, 0.25) is 5.91 Å². The summed E-state index contributed by atoms with van der Waals surface area (Å²) < 4.78 is 0. The fourth-order valence-corrected chi connectivity index (χ4v) is 1.51. The van der Waals surface area contributed by atoms with Gasteiger partial charge in [0.15, 0.2) is 0 Å². The zero-order valence-electron chi connectivity index (χ0n) is 9.80. The Bertz CT molecular complexity index is 377. The molecule has 0 aromatic heterocycles. The summed E-state index contributed by atoms with van der Waals surface area (Å²) in [4.78, 5) is 11.4. The lowest BCUT2D eigenvalue weighted by Crippen LogP contribution is -2.34. The Kier molecular flexibility index (Phi) is 4.62. The lowest BCUT2D eigenvalue weighted by molar-refractivity contribution is -0.119. The minimum atomic E-state index is -0.0347. The van der Waals surface area contributed by atoms with Crippen LogP contribution in [0.15, 0.2) is 18.2 Å². The summed E-state index contributed by atoms with van der Waals surface area (Å²) in [6.07, 6.45) is 0. The van der Waals surface area contributed by atoms with E-state index in [0.717, 1.165) is 11.3 Å². The van der Waals surface area contributed by atoms with Gasteiger partial charge in [0, 0.05) is 6.04 Å². The van der Waals surface area contributed by atoms with Gasteiger partial charge in [-0.15, -0.1) is 0 Å². The van der Waals surface area contributed by atoms with E-state index in [9.17, 15) is 4.79 Å². The summed E-state index contributed by atoms with van der Waals surface area (Å²) in [6, 6.07) is 5.83. The number of hydrogen-bond donors (Lipinski definition) is 2. The van der Waals surface area contributed by atoms with Crippen molar-refractivity contribution in [2.75, 3.05) is 11.9 Å². The van der Waals surface area contributed by atoms with Crippen molar-refractivity contribution in [3.63, 3.8) is 0 Å². The minimum absolute atomic E-state index is 0.0347. The number of amides is 1. The number of carbonyl (C=O) groups is 1. The van der Waals surface area contributed by atoms with Gasteiger partial charge in [-0.2, -0.15) is 0 Å². The molecule has 0 atom stereocenters. The lowest BCUT2D eigenvalue weighted by Gasteiger charge is -2.11. The number of hydrogen-bond acceptors (Lipinski definition) is 2. The topological polar surface area (TPSA) is 41.1 Å². The van der Waals surface area contributed by atoms with Gasteiger partial charge in [-0.3, -0.25) is 4.79 Å². The van der Waals surface area contributed by atoms with E-state index in [1.807, 2.05) is 39.0 Å². The van der Waals surface area contributed by atoms with Crippen molar-refractivity contribution in [1.82, 2.24) is 5.32 Å². The largest absolute Gasteiger partial charge is 0.375 e. The van der Waals surface area contributed by atoms with E-state index in [0.29, 0.717) is 5.02 Å². The second-order valence-electron chi connectivity index (χ2n) is 4.06. The van der Waals surface area contributed by atoms with Crippen molar-refractivity contribution in [2.45, 2.75) is 26.8 Å². The number of benzene rings is 1. The Morgan fingerprint density at radius 1 is 1.44 bits per heavy atom. The van der Waals surface area contributed by atoms with Gasteiger partial charge in [-0.05, 0) is 38.5 Å². The van der Waals surface area contributed by atoms with Crippen LogP contribution in [0.3, 0.4) is 0 Å². The third-order valence-corrected chi connectivity index (χ3v) is 2.34. The molecule has 0 radical (unpaired) electrons. The first-order chi connectivity index (χ1) is 7.49. The molecule has 0 saturated carbocycles. The smallest absolute Gasteiger partial charge is 0.239 e. The molecule has 3 nitrogen and oxygen atoms in total. The average Bonchev–Trinajstić information content (AvgIpc) is 2.18. The molecule has 1 rings (SSSR count). The fraction of sp³-hybridized carbons (Fsp3) is 0.417. The second kappa shape index (κ2) is 5.75. The SMILES string of the molecule is Cc1ccc(Cl)c(NCC(=O)NC(C)C)c1. The average molecular weight is 241 g/mol. The van der Waals surface area contributed by atoms with Gasteiger partial charge in [-0.1, -0.05) is 17.7 Å². The Morgan fingerprint density at radius 2 is 2.12 bits per heavy atom. The third-order valence-electron chi connectivity index (χ3n) is 2.01. The van der Waals surface area contributed by atoms with Gasteiger partial charge in [0.25, 0.3) is 0 Å². The molecule has 16 heavy (non-hydrogen) atoms. The van der Waals surface area contributed by atoms with Crippen LogP contribution >= 0.6 is 11.6 Å². The molecule has 88 valence electrons. The van der Waals surface area contributed by atoms with Crippen molar-refractivity contribution in [1.29, 1.82) is 0 Å². The molecule has 0 saturated heterocycles. The van der Waals surface area contributed by atoms with E-state index >= 15 is 0 Å². The first kappa shape index (κ1) is 12.8. The Hall–Kier alpha value is -1.22. The molecule has 2 N–H and O–H groups in total. The van der Waals surface area contributed by atoms with Crippen molar-refractivity contribution < 1.29 is 4.79 Å². The highest BCUT2D eigenvalue weighted by Crippen LogP contribution is 2.22. The third kappa shape index (κ3) is 4.11. The Labute approximate surface area is 101 Å². The van der Waals surface area contributed by atoms with Crippen LogP contribution in [0.4, 0.5) is 5.69 Å². The van der Waals surface area contributed by atoms with E-state index in [1.54, 1.807) is 0 Å². The first-order valence-corrected chi connectivity index (χ1v) is 5.66. The molecule has 0 aliphatic heterocycles. The highest BCUT2D eigenvalue weighted by atomic mass is 35.5. The number of halogens is 1. The van der Waals surface area contributed by atoms with Crippen LogP contribution in [0, 0.1) is 6.92 Å². The highest BCUT2D eigenvalue weighted by Gasteiger charge is 2.04. The summed E-state index contributed by atoms with van der Waals surface area (Å²) in [5.74, 6) is -0.0347. The predicted molar refractivity (Wildman–Crippen MR) is 68.0 cm³/mol. The van der Waals surface area contributed by atoms with Gasteiger partial charge >= 0.3 is 0 Å². The van der Waals surface area contributed by atoms with Crippen LogP contribution < -0.4 is 10.6 Å². The van der Waals surface area contributed by atoms with Gasteiger partial charge < -0.3 is 10.6 Å². The summed E-state index contributed by atoms with van der Waals surface area (Å²) >= 11 is 5.99. The van der Waals surface area contributed by atoms with Crippen molar-refractivity contribution in [2.24, 2.45) is 0 Å². The van der Waals surface area contributed by atoms with E-state index in [-0.39, 0.29) is 18.5 Å². The van der Waals surface area contributed by atoms with E-state index < -0.39 is 0 Å². The molecule has 1 amide bonds. The van der Waals surface area contributed by atoms with Crippen LogP contribution in [0.1, 0.15) is 19.4 Å². The molecule has 1 aromatic carbocycles. The molecule has 4 heteroatoms. The van der Waals surface area contributed by atoms with E-state index in [2.05, 4.69) is 10.6 Å². The van der Waals surface area contributed by atoms with Crippen LogP contribution in [0.25, 0.3) is 0 Å². The number of nitrogens with one attached hydrogen (secondary N) is 2. The molecule has 0 spiro atoms. The first-order valence-electron chi connectivity index (χ1n) is 5.28. The number of rotatable bonds is 4. The Morgan fingerprint density at radius 3 is 2.75 bits per heavy atom. The molecule has 0 aliphatic rings. The molecule has 0 unspecified atom stereocenters. The normalized spacial score (nSPS) is 10.3. The van der Waals surface area contributed by atoms with Crippen LogP contribution in [0.2, 0.25) is 5.02 Å². The molecule has 0 fully saturated rings. The van der Waals surface area contributed by atoms with Crippen molar-refractivity contribution in [3.8, 4) is 0 Å². The number of aryl methyl sites for hydroxylation is 1. The highest BCUT2D eigenvalue weighted by molar-refractivity contribution is 6.33. The lowest BCUT2D eigenvalue weighted by atomic mass is 10.2. The molecule has 0 aliphatic carbocycles. The van der Waals surface area contributed by atoms with Crippen LogP contribution in [-0.2, 0) is 4.79 Å². The standard InChI is InChI=1S/C12H17ClN2O/c1-8(2)15-12(16)7-14-11-6-9(3)4-5-10(11)13/h4-6,8,14H,7H2,1-3H3,(H,15,16). The Balaban J connectivity index is 2.54. The molecular formula is C12H17ClN2O. The quantitative estimate of drug-likeness (QED) is 0.850. The number of anilines is 1. The molecular weight excluding hydrogens is 224 g/mol. The van der Waals surface area contributed by atoms with Crippen molar-refractivity contribution >= 4 is 23.2 Å². The maximum Gasteiger partial charge on any atom is 0.239 e. The fourth-order valence-electron chi connectivity index (χ4n) is 1.32. The summed E-state index contributed by atoms with van der Waals surface area (Å²) in [5, 5.41) is 6.45. The van der Waals surface area contributed by atoms with Gasteiger partial charge in [-0.25, -0.2) is 0 Å². The monoisotopic (exact) mass is 240 g/mol. The summed E-state index contributed by atoms with van der Waals surface area (Å²) in [5.41, 5.74) is 1.90. The number of carbonyl (C=O) groups excluding carboxylic acids is 1. The zero-order chi connectivity index (χ0) is 12.1. The van der Waals surface area contributed by atoms with E-state index in [1.165, 1.54) is 0 Å². The maximum absolute atomic E-state index is 11.4. The van der Waals surface area contributed by atoms with Gasteiger partial charge in [0.1, 0.15) is 0 Å². The summed E-state index contributed by atoms with van der Waals surface area (Å²) in [7, 11) is 0. The zero-order valence-corrected chi connectivity index (χ0v) is 10.6. The van der Waals surface area contributed by atoms with Gasteiger partial charge in [0.05, 0.1) is 17.3 Å². The molecule has 0 bridgehead atoms. The van der Waals surface area contributed by atoms with E-state index in [4.69, 9.17) is 11.6 Å². The van der Waals surface area contributed by atoms with Crippen molar-refractivity contribution in [3.05, 3.63) is 28.8 Å². The predicted octanol–water partition coefficient (Wildman–Crippen LogP) is 2.58. The molecule has 1 aromatic rings. The second-order valence-corrected chi connectivity index (χ2v) is 4.47. The van der Waals surface area contributed by atoms with Crippen LogP contribution in [-0.4, -0.2) is 18.5 Å². The molecule has 0 heterocycles. The maximum atomic E-state index is 11.4. The minimum Gasteiger partial charge on any atom is -0.375 e. The summed E-state index contributed by atoms with van der Waals surface area (Å²) in [6.45, 7) is 6.08. The van der Waals surface area contributed by atoms with Crippen LogP contribution in [0.5, 0.6) is 0 Å².